The van der Waals surface area contributed by atoms with Crippen molar-refractivity contribution in [2.24, 2.45) is 0 Å². The fourth-order valence-electron chi connectivity index (χ4n) is 3.17. The molecule has 1 aliphatic heterocycles. The van der Waals surface area contributed by atoms with Gasteiger partial charge in [-0.15, -0.1) is 5.10 Å². The topological polar surface area (TPSA) is 110 Å². The Hall–Kier alpha value is -2.98. The zero-order valence-corrected chi connectivity index (χ0v) is 16.8. The summed E-state index contributed by atoms with van der Waals surface area (Å²) in [6.45, 7) is 0.431. The number of benzene rings is 2. The predicted octanol–water partition coefficient (Wildman–Crippen LogP) is 2.50. The first-order valence-corrected chi connectivity index (χ1v) is 10.9. The van der Waals surface area contributed by atoms with E-state index in [1.807, 2.05) is 0 Å². The van der Waals surface area contributed by atoms with E-state index in [1.165, 1.54) is 15.3 Å². The molecule has 1 aromatic heterocycles. The van der Waals surface area contributed by atoms with Crippen LogP contribution in [0.5, 0.6) is 0 Å². The molecule has 0 bridgehead atoms. The fraction of sp³-hybridized carbons (Fsp3) is 0.222. The molecule has 150 valence electrons. The molecule has 0 saturated carbocycles. The van der Waals surface area contributed by atoms with Crippen LogP contribution in [0.15, 0.2) is 48.8 Å². The highest BCUT2D eigenvalue weighted by molar-refractivity contribution is 7.92. The molecule has 29 heavy (non-hydrogen) atoms. The number of halogens is 1. The Morgan fingerprint density at radius 3 is 2.76 bits per heavy atom. The number of anilines is 2. The van der Waals surface area contributed by atoms with E-state index in [-0.39, 0.29) is 5.75 Å². The summed E-state index contributed by atoms with van der Waals surface area (Å²) < 4.78 is 27.4. The van der Waals surface area contributed by atoms with Gasteiger partial charge in [0, 0.05) is 17.3 Å². The average molecular weight is 433 g/mol. The van der Waals surface area contributed by atoms with Gasteiger partial charge in [-0.3, -0.25) is 9.10 Å². The van der Waals surface area contributed by atoms with Gasteiger partial charge in [0.05, 0.1) is 22.7 Å². The fourth-order valence-corrected chi connectivity index (χ4v) is 4.97. The minimum absolute atomic E-state index is 0.129. The van der Waals surface area contributed by atoms with Crippen molar-refractivity contribution >= 4 is 38.9 Å². The summed E-state index contributed by atoms with van der Waals surface area (Å²) in [5.74, 6) is -0.269. The number of tetrazole rings is 1. The quantitative estimate of drug-likeness (QED) is 0.678. The molecule has 0 atom stereocenters. The van der Waals surface area contributed by atoms with Crippen molar-refractivity contribution in [2.45, 2.75) is 12.8 Å². The minimum Gasteiger partial charge on any atom is -0.322 e. The van der Waals surface area contributed by atoms with Gasteiger partial charge in [-0.1, -0.05) is 17.7 Å². The van der Waals surface area contributed by atoms with E-state index in [1.54, 1.807) is 42.5 Å². The van der Waals surface area contributed by atoms with Crippen LogP contribution in [-0.2, 0) is 10.0 Å². The van der Waals surface area contributed by atoms with Crippen LogP contribution in [0.3, 0.4) is 0 Å². The summed E-state index contributed by atoms with van der Waals surface area (Å²) in [6.07, 6.45) is 2.83. The van der Waals surface area contributed by atoms with Crippen molar-refractivity contribution in [3.05, 3.63) is 59.4 Å². The van der Waals surface area contributed by atoms with Crippen LogP contribution in [0.2, 0.25) is 5.02 Å². The highest BCUT2D eigenvalue weighted by Gasteiger charge is 2.26. The van der Waals surface area contributed by atoms with Gasteiger partial charge in [0.2, 0.25) is 10.0 Å². The van der Waals surface area contributed by atoms with Crippen LogP contribution >= 0.6 is 11.6 Å². The largest absolute Gasteiger partial charge is 0.322 e. The van der Waals surface area contributed by atoms with Crippen LogP contribution < -0.4 is 9.62 Å². The normalized spacial score (nSPS) is 15.8. The standard InChI is InChI=1S/C18H17ClN6O3S/c19-13-6-7-16(17(10-13)24-12-20-22-23-24)18(26)21-14-4-3-5-15(11-14)25-8-1-2-9-29(25,27)28/h3-7,10-12H,1-2,8-9H2,(H,21,26). The van der Waals surface area contributed by atoms with Gasteiger partial charge in [0.25, 0.3) is 5.91 Å². The van der Waals surface area contributed by atoms with Gasteiger partial charge >= 0.3 is 0 Å². The third-order valence-corrected chi connectivity index (χ3v) is 6.65. The molecule has 11 heteroatoms. The minimum atomic E-state index is -3.33. The number of amides is 1. The lowest BCUT2D eigenvalue weighted by Crippen LogP contribution is -2.37. The van der Waals surface area contributed by atoms with E-state index in [9.17, 15) is 13.2 Å². The van der Waals surface area contributed by atoms with Crippen molar-refractivity contribution in [1.29, 1.82) is 0 Å². The summed E-state index contributed by atoms with van der Waals surface area (Å²) >= 11 is 6.06. The smallest absolute Gasteiger partial charge is 0.257 e. The predicted molar refractivity (Wildman–Crippen MR) is 109 cm³/mol. The summed E-state index contributed by atoms with van der Waals surface area (Å²) in [7, 11) is -3.33. The van der Waals surface area contributed by atoms with Crippen molar-refractivity contribution in [3.8, 4) is 5.69 Å². The number of aromatic nitrogens is 4. The van der Waals surface area contributed by atoms with Crippen molar-refractivity contribution < 1.29 is 13.2 Å². The molecular weight excluding hydrogens is 416 g/mol. The third-order valence-electron chi connectivity index (χ3n) is 4.54. The number of carbonyl (C=O) groups excluding carboxylic acids is 1. The molecule has 0 spiro atoms. The summed E-state index contributed by atoms with van der Waals surface area (Å²) in [5, 5.41) is 14.2. The molecule has 1 saturated heterocycles. The van der Waals surface area contributed by atoms with E-state index in [0.717, 1.165) is 6.42 Å². The molecule has 1 N–H and O–H groups in total. The molecule has 3 aromatic rings. The lowest BCUT2D eigenvalue weighted by molar-refractivity contribution is 0.102. The Kier molecular flexibility index (Phi) is 5.20. The van der Waals surface area contributed by atoms with Crippen LogP contribution in [0.25, 0.3) is 5.69 Å². The summed E-state index contributed by atoms with van der Waals surface area (Å²) in [5.41, 5.74) is 1.75. The first-order valence-electron chi connectivity index (χ1n) is 8.89. The average Bonchev–Trinajstić information content (AvgIpc) is 3.22. The molecule has 2 heterocycles. The highest BCUT2D eigenvalue weighted by atomic mass is 35.5. The van der Waals surface area contributed by atoms with E-state index in [2.05, 4.69) is 20.8 Å². The van der Waals surface area contributed by atoms with E-state index in [4.69, 9.17) is 11.6 Å². The molecule has 0 aliphatic carbocycles. The van der Waals surface area contributed by atoms with Gasteiger partial charge in [0.15, 0.2) is 0 Å². The van der Waals surface area contributed by atoms with Gasteiger partial charge in [-0.25, -0.2) is 8.42 Å². The molecular formula is C18H17ClN6O3S. The Labute approximate surface area is 172 Å². The number of hydrogen-bond donors (Lipinski definition) is 1. The van der Waals surface area contributed by atoms with Crippen molar-refractivity contribution in [2.75, 3.05) is 21.9 Å². The van der Waals surface area contributed by atoms with Gasteiger partial charge < -0.3 is 5.32 Å². The number of sulfonamides is 1. The van der Waals surface area contributed by atoms with Crippen LogP contribution in [0, 0.1) is 0 Å². The lowest BCUT2D eigenvalue weighted by atomic mass is 10.1. The van der Waals surface area contributed by atoms with Gasteiger partial charge in [-0.05, 0) is 59.7 Å². The number of carbonyl (C=O) groups is 1. The van der Waals surface area contributed by atoms with Crippen LogP contribution in [0.1, 0.15) is 23.2 Å². The first kappa shape index (κ1) is 19.3. The molecule has 0 unspecified atom stereocenters. The van der Waals surface area contributed by atoms with Gasteiger partial charge in [-0.2, -0.15) is 4.68 Å². The van der Waals surface area contributed by atoms with E-state index < -0.39 is 15.9 Å². The number of hydrogen-bond acceptors (Lipinski definition) is 6. The molecule has 2 aromatic carbocycles. The third kappa shape index (κ3) is 4.08. The van der Waals surface area contributed by atoms with Crippen molar-refractivity contribution in [1.82, 2.24) is 20.2 Å². The molecule has 1 amide bonds. The second-order valence-corrected chi connectivity index (χ2v) is 8.96. The van der Waals surface area contributed by atoms with Crippen LogP contribution in [-0.4, -0.2) is 46.8 Å². The maximum Gasteiger partial charge on any atom is 0.257 e. The number of nitrogens with one attached hydrogen (secondary N) is 1. The van der Waals surface area contributed by atoms with E-state index >= 15 is 0 Å². The summed E-state index contributed by atoms with van der Waals surface area (Å²) in [4.78, 5) is 12.9. The molecule has 0 radical (unpaired) electrons. The molecule has 9 nitrogen and oxygen atoms in total. The second-order valence-electron chi connectivity index (χ2n) is 6.52. The van der Waals surface area contributed by atoms with Gasteiger partial charge in [0.1, 0.15) is 6.33 Å². The first-order chi connectivity index (χ1) is 13.9. The molecule has 1 fully saturated rings. The van der Waals surface area contributed by atoms with Crippen LogP contribution in [0.4, 0.5) is 11.4 Å². The van der Waals surface area contributed by atoms with Crippen molar-refractivity contribution in [3.63, 3.8) is 0 Å². The zero-order chi connectivity index (χ0) is 20.4. The zero-order valence-electron chi connectivity index (χ0n) is 15.2. The molecule has 1 aliphatic rings. The summed E-state index contributed by atoms with van der Waals surface area (Å²) in [6, 6.07) is 11.5. The SMILES string of the molecule is O=C(Nc1cccc(N2CCCCS2(=O)=O)c1)c1ccc(Cl)cc1-n1cnnn1. The maximum atomic E-state index is 12.9. The monoisotopic (exact) mass is 432 g/mol. The maximum absolute atomic E-state index is 12.9. The molecule has 4 rings (SSSR count). The lowest BCUT2D eigenvalue weighted by Gasteiger charge is -2.28. The highest BCUT2D eigenvalue weighted by Crippen LogP contribution is 2.27. The number of rotatable bonds is 4. The number of nitrogens with zero attached hydrogens (tertiary/aromatic N) is 5. The second kappa shape index (κ2) is 7.80. The Morgan fingerprint density at radius 1 is 1.14 bits per heavy atom. The Balaban J connectivity index is 1.62. The van der Waals surface area contributed by atoms with E-state index in [0.29, 0.717) is 40.6 Å². The Bertz CT molecular complexity index is 1150. The Morgan fingerprint density at radius 2 is 2.00 bits per heavy atom.